The summed E-state index contributed by atoms with van der Waals surface area (Å²) in [6, 6.07) is 5.44. The van der Waals surface area contributed by atoms with Gasteiger partial charge in [-0.2, -0.15) is 0 Å². The zero-order chi connectivity index (χ0) is 18.2. The van der Waals surface area contributed by atoms with Crippen LogP contribution >= 0.6 is 0 Å². The molecule has 1 aromatic carbocycles. The van der Waals surface area contributed by atoms with Crippen molar-refractivity contribution in [3.63, 3.8) is 0 Å². The number of phenols is 1. The molecule has 6 heteroatoms. The number of carbonyl (C=O) groups is 2. The molecule has 1 heterocycles. The van der Waals surface area contributed by atoms with E-state index in [0.29, 0.717) is 23.4 Å². The van der Waals surface area contributed by atoms with Gasteiger partial charge in [-0.25, -0.2) is 9.59 Å². The number of aromatic hydroxyl groups is 1. The Bertz CT molecular complexity index is 637. The predicted octanol–water partition coefficient (Wildman–Crippen LogP) is 3.53. The maximum Gasteiger partial charge on any atom is 0.338 e. The third-order valence-electron chi connectivity index (χ3n) is 4.20. The molecule has 25 heavy (non-hydrogen) atoms. The second-order valence-corrected chi connectivity index (χ2v) is 6.21. The van der Waals surface area contributed by atoms with E-state index < -0.39 is 12.0 Å². The van der Waals surface area contributed by atoms with Crippen LogP contribution in [-0.2, 0) is 9.53 Å². The molecule has 0 aromatic heterocycles. The Hall–Kier alpha value is -2.50. The molecule has 0 bridgehead atoms. The number of amides is 2. The number of allylic oxidation sites excluding steroid dienone is 1. The quantitative estimate of drug-likeness (QED) is 0.496. The minimum absolute atomic E-state index is 0.126. The highest BCUT2D eigenvalue weighted by molar-refractivity contribution is 5.95. The van der Waals surface area contributed by atoms with E-state index in [-0.39, 0.29) is 11.8 Å². The van der Waals surface area contributed by atoms with Crippen LogP contribution < -0.4 is 10.6 Å². The minimum Gasteiger partial charge on any atom is -0.508 e. The van der Waals surface area contributed by atoms with Gasteiger partial charge in [0.2, 0.25) is 0 Å². The summed E-state index contributed by atoms with van der Waals surface area (Å²) in [6.07, 6.45) is 5.38. The molecule has 0 spiro atoms. The first kappa shape index (κ1) is 18.8. The van der Waals surface area contributed by atoms with Gasteiger partial charge in [0.05, 0.1) is 18.2 Å². The zero-order valence-electron chi connectivity index (χ0n) is 14.8. The molecular weight excluding hydrogens is 320 g/mol. The van der Waals surface area contributed by atoms with Crippen molar-refractivity contribution in [3.05, 3.63) is 41.1 Å². The van der Waals surface area contributed by atoms with Gasteiger partial charge in [-0.15, -0.1) is 0 Å². The first-order valence-corrected chi connectivity index (χ1v) is 8.77. The highest BCUT2D eigenvalue weighted by Crippen LogP contribution is 2.28. The fraction of sp³-hybridized carbons (Fsp3) is 0.474. The smallest absolute Gasteiger partial charge is 0.338 e. The highest BCUT2D eigenvalue weighted by Gasteiger charge is 2.32. The molecule has 136 valence electrons. The lowest BCUT2D eigenvalue weighted by Gasteiger charge is -2.28. The number of ether oxygens (including phenoxy) is 1. The van der Waals surface area contributed by atoms with E-state index in [0.717, 1.165) is 19.3 Å². The summed E-state index contributed by atoms with van der Waals surface area (Å²) in [7, 11) is 0. The number of esters is 1. The molecule has 0 unspecified atom stereocenters. The molecule has 0 radical (unpaired) electrons. The lowest BCUT2D eigenvalue weighted by atomic mass is 9.95. The lowest BCUT2D eigenvalue weighted by molar-refractivity contribution is -0.139. The largest absolute Gasteiger partial charge is 0.508 e. The van der Waals surface area contributed by atoms with Crippen molar-refractivity contribution in [2.24, 2.45) is 0 Å². The monoisotopic (exact) mass is 346 g/mol. The van der Waals surface area contributed by atoms with Gasteiger partial charge in [0.1, 0.15) is 5.75 Å². The Morgan fingerprint density at radius 2 is 1.84 bits per heavy atom. The van der Waals surface area contributed by atoms with E-state index in [1.807, 2.05) is 0 Å². The molecule has 3 N–H and O–H groups in total. The molecular formula is C19H26N2O4. The number of urea groups is 1. The molecule has 0 aliphatic carbocycles. The first-order valence-electron chi connectivity index (χ1n) is 8.77. The average Bonchev–Trinajstić information content (AvgIpc) is 2.57. The summed E-state index contributed by atoms with van der Waals surface area (Å²) < 4.78 is 5.41. The fourth-order valence-corrected chi connectivity index (χ4v) is 2.83. The second kappa shape index (κ2) is 9.11. The number of benzene rings is 1. The van der Waals surface area contributed by atoms with Crippen LogP contribution in [0.25, 0.3) is 0 Å². The number of rotatable bonds is 8. The summed E-state index contributed by atoms with van der Waals surface area (Å²) in [4.78, 5) is 24.3. The molecule has 0 fully saturated rings. The molecule has 0 saturated carbocycles. The van der Waals surface area contributed by atoms with Crippen molar-refractivity contribution in [1.82, 2.24) is 10.6 Å². The third-order valence-corrected chi connectivity index (χ3v) is 4.20. The van der Waals surface area contributed by atoms with Crippen molar-refractivity contribution in [2.75, 3.05) is 6.61 Å². The normalized spacial score (nSPS) is 17.0. The maximum absolute atomic E-state index is 12.5. The van der Waals surface area contributed by atoms with Gasteiger partial charge in [-0.3, -0.25) is 0 Å². The standard InChI is InChI=1S/C19H26N2O4/c1-3-4-5-6-7-12-25-18(23)16-13(2)20-19(24)21-17(16)14-8-10-15(22)11-9-14/h8-11,17,22H,3-7,12H2,1-2H3,(H2,20,21,24)/t17-/m1/s1. The van der Waals surface area contributed by atoms with E-state index in [2.05, 4.69) is 17.6 Å². The predicted molar refractivity (Wildman–Crippen MR) is 94.9 cm³/mol. The Labute approximate surface area is 148 Å². The van der Waals surface area contributed by atoms with Crippen molar-refractivity contribution in [3.8, 4) is 5.75 Å². The van der Waals surface area contributed by atoms with E-state index in [9.17, 15) is 14.7 Å². The molecule has 1 aromatic rings. The zero-order valence-corrected chi connectivity index (χ0v) is 14.8. The summed E-state index contributed by atoms with van der Waals surface area (Å²) in [5.41, 5.74) is 1.58. The number of phenolic OH excluding ortho intramolecular Hbond substituents is 1. The van der Waals surface area contributed by atoms with Gasteiger partial charge in [-0.1, -0.05) is 44.7 Å². The number of hydrogen-bond acceptors (Lipinski definition) is 4. The molecule has 2 amide bonds. The summed E-state index contributed by atoms with van der Waals surface area (Å²) in [6.45, 7) is 4.21. The molecule has 6 nitrogen and oxygen atoms in total. The number of nitrogens with one attached hydrogen (secondary N) is 2. The van der Waals surface area contributed by atoms with E-state index >= 15 is 0 Å². The van der Waals surface area contributed by atoms with Crippen LogP contribution in [-0.4, -0.2) is 23.7 Å². The minimum atomic E-state index is -0.595. The van der Waals surface area contributed by atoms with Gasteiger partial charge in [-0.05, 0) is 31.0 Å². The number of hydrogen-bond donors (Lipinski definition) is 3. The topological polar surface area (TPSA) is 87.7 Å². The van der Waals surface area contributed by atoms with Crippen molar-refractivity contribution in [2.45, 2.75) is 52.0 Å². The molecule has 1 aliphatic rings. The fourth-order valence-electron chi connectivity index (χ4n) is 2.83. The van der Waals surface area contributed by atoms with Crippen molar-refractivity contribution in [1.29, 1.82) is 0 Å². The van der Waals surface area contributed by atoms with Gasteiger partial charge in [0.15, 0.2) is 0 Å². The highest BCUT2D eigenvalue weighted by atomic mass is 16.5. The summed E-state index contributed by atoms with van der Waals surface area (Å²) in [5.74, 6) is -0.306. The molecule has 1 atom stereocenters. The number of unbranched alkanes of at least 4 members (excludes halogenated alkanes) is 4. The van der Waals surface area contributed by atoms with Crippen LogP contribution in [0.2, 0.25) is 0 Å². The SMILES string of the molecule is CCCCCCCOC(=O)C1=C(C)NC(=O)N[C@@H]1c1ccc(O)cc1. The van der Waals surface area contributed by atoms with Gasteiger partial charge in [0.25, 0.3) is 0 Å². The molecule has 2 rings (SSSR count). The van der Waals surface area contributed by atoms with Crippen LogP contribution in [0.3, 0.4) is 0 Å². The van der Waals surface area contributed by atoms with Crippen LogP contribution in [0, 0.1) is 0 Å². The Morgan fingerprint density at radius 3 is 2.52 bits per heavy atom. The average molecular weight is 346 g/mol. The first-order chi connectivity index (χ1) is 12.0. The van der Waals surface area contributed by atoms with E-state index in [1.54, 1.807) is 19.1 Å². The Balaban J connectivity index is 2.05. The van der Waals surface area contributed by atoms with Crippen molar-refractivity contribution >= 4 is 12.0 Å². The summed E-state index contributed by atoms with van der Waals surface area (Å²) in [5, 5.41) is 14.8. The molecule has 0 saturated heterocycles. The van der Waals surface area contributed by atoms with Gasteiger partial charge < -0.3 is 20.5 Å². The van der Waals surface area contributed by atoms with Crippen LogP contribution in [0.5, 0.6) is 5.75 Å². The maximum atomic E-state index is 12.5. The van der Waals surface area contributed by atoms with Crippen LogP contribution in [0.15, 0.2) is 35.5 Å². The van der Waals surface area contributed by atoms with E-state index in [1.165, 1.54) is 25.0 Å². The summed E-state index contributed by atoms with van der Waals surface area (Å²) >= 11 is 0. The second-order valence-electron chi connectivity index (χ2n) is 6.21. The van der Waals surface area contributed by atoms with Crippen molar-refractivity contribution < 1.29 is 19.4 Å². The third kappa shape index (κ3) is 5.24. The van der Waals surface area contributed by atoms with E-state index in [4.69, 9.17) is 4.74 Å². The van der Waals surface area contributed by atoms with Gasteiger partial charge >= 0.3 is 12.0 Å². The van der Waals surface area contributed by atoms with Crippen LogP contribution in [0.4, 0.5) is 4.79 Å². The molecule has 1 aliphatic heterocycles. The Kier molecular flexibility index (Phi) is 6.86. The lowest BCUT2D eigenvalue weighted by Crippen LogP contribution is -2.45. The number of carbonyl (C=O) groups excluding carboxylic acids is 2. The Morgan fingerprint density at radius 1 is 1.16 bits per heavy atom. The van der Waals surface area contributed by atoms with Gasteiger partial charge in [0, 0.05) is 5.70 Å². The van der Waals surface area contributed by atoms with Crippen LogP contribution in [0.1, 0.15) is 57.6 Å².